The topological polar surface area (TPSA) is 83.4 Å². The number of aliphatic carboxylic acids is 1. The number of hydrogen-bond donors (Lipinski definition) is 1. The number of carbonyl (C=O) groups is 1. The Kier molecular flexibility index (Phi) is 20.0. The van der Waals surface area contributed by atoms with Crippen LogP contribution in [-0.4, -0.2) is 25.3 Å². The number of terminal acetylenes is 1. The van der Waals surface area contributed by atoms with Gasteiger partial charge < -0.3 is 15.3 Å². The summed E-state index contributed by atoms with van der Waals surface area (Å²) in [5, 5.41) is 24.0. The Labute approximate surface area is 137 Å². The van der Waals surface area contributed by atoms with E-state index in [2.05, 4.69) is 47.1 Å². The first-order chi connectivity index (χ1) is 8.72. The van der Waals surface area contributed by atoms with Gasteiger partial charge in [-0.25, -0.2) is 10.4 Å². The van der Waals surface area contributed by atoms with Gasteiger partial charge in [0.25, 0.3) is 0 Å². The van der Waals surface area contributed by atoms with E-state index in [4.69, 9.17) is 20.1 Å². The van der Waals surface area contributed by atoms with Crippen molar-refractivity contribution in [1.82, 2.24) is 0 Å². The number of hydrogen-bond acceptors (Lipinski definition) is 3. The van der Waals surface area contributed by atoms with Crippen LogP contribution in [0.25, 0.3) is 0 Å². The van der Waals surface area contributed by atoms with Crippen molar-refractivity contribution in [3.8, 4) is 12.3 Å². The standard InChI is InChI=1S/C10H15.C3H2O2.2CH3O.Ti/c1-7-6-10(4,5)9(3)8(7)2;1-2-3(4)5;2*1-2;/h1-5H3;1H,(H,4,5);2*1H3;/q-1;;2*-1;+3. The van der Waals surface area contributed by atoms with Crippen LogP contribution in [0, 0.1) is 23.8 Å². The molecule has 20 heavy (non-hydrogen) atoms. The summed E-state index contributed by atoms with van der Waals surface area (Å²) in [5.74, 6) is 0.227. The summed E-state index contributed by atoms with van der Waals surface area (Å²) < 4.78 is 0. The van der Waals surface area contributed by atoms with E-state index in [-0.39, 0.29) is 27.1 Å². The molecule has 1 aliphatic carbocycles. The third kappa shape index (κ3) is 11.0. The summed E-state index contributed by atoms with van der Waals surface area (Å²) in [7, 11) is 1.50. The van der Waals surface area contributed by atoms with Crippen molar-refractivity contribution in [3.05, 3.63) is 22.8 Å². The van der Waals surface area contributed by atoms with E-state index in [1.54, 1.807) is 0 Å². The van der Waals surface area contributed by atoms with Crippen molar-refractivity contribution in [2.75, 3.05) is 14.2 Å². The normalized spacial score (nSPS) is 13.7. The fraction of sp³-hybridized carbons (Fsp3) is 0.533. The predicted molar refractivity (Wildman–Crippen MR) is 72.9 cm³/mol. The van der Waals surface area contributed by atoms with Gasteiger partial charge in [-0.05, 0) is 0 Å². The van der Waals surface area contributed by atoms with Crippen LogP contribution in [0.5, 0.6) is 0 Å². The van der Waals surface area contributed by atoms with E-state index in [0.717, 1.165) is 14.2 Å². The van der Waals surface area contributed by atoms with Crippen LogP contribution in [0.15, 0.2) is 16.7 Å². The molecule has 0 saturated heterocycles. The van der Waals surface area contributed by atoms with Crippen LogP contribution in [0.3, 0.4) is 0 Å². The Morgan fingerprint density at radius 1 is 1.20 bits per heavy atom. The quantitative estimate of drug-likeness (QED) is 0.406. The van der Waals surface area contributed by atoms with Gasteiger partial charge >= 0.3 is 27.7 Å². The van der Waals surface area contributed by atoms with E-state index in [0.29, 0.717) is 0 Å². The summed E-state index contributed by atoms with van der Waals surface area (Å²) in [5.41, 5.74) is 4.39. The Morgan fingerprint density at radius 2 is 1.50 bits per heavy atom. The summed E-state index contributed by atoms with van der Waals surface area (Å²) in [6.07, 6.45) is 7.76. The van der Waals surface area contributed by atoms with Gasteiger partial charge in [-0.15, -0.1) is 13.3 Å². The zero-order chi connectivity index (χ0) is 16.2. The first kappa shape index (κ1) is 27.5. The van der Waals surface area contributed by atoms with Crippen LogP contribution in [0.4, 0.5) is 0 Å². The van der Waals surface area contributed by atoms with Gasteiger partial charge in [0.1, 0.15) is 0 Å². The molecule has 0 heterocycles. The molecule has 1 aliphatic rings. The van der Waals surface area contributed by atoms with Gasteiger partial charge in [-0.1, -0.05) is 33.1 Å². The molecule has 0 saturated carbocycles. The average Bonchev–Trinajstić information content (AvgIpc) is 2.57. The van der Waals surface area contributed by atoms with Gasteiger partial charge in [0, 0.05) is 5.92 Å². The fourth-order valence-corrected chi connectivity index (χ4v) is 1.41. The van der Waals surface area contributed by atoms with E-state index >= 15 is 0 Å². The molecule has 1 rings (SSSR count). The third-order valence-corrected chi connectivity index (χ3v) is 2.69. The molecule has 0 aromatic heterocycles. The molecule has 0 aromatic carbocycles. The van der Waals surface area contributed by atoms with E-state index in [1.807, 2.05) is 0 Å². The Balaban J connectivity index is -0.000000110. The Morgan fingerprint density at radius 3 is 1.55 bits per heavy atom. The van der Waals surface area contributed by atoms with Crippen molar-refractivity contribution in [2.24, 2.45) is 5.41 Å². The maximum absolute atomic E-state index is 9.13. The Hall–Kier alpha value is -0.856. The third-order valence-electron chi connectivity index (χ3n) is 2.69. The zero-order valence-electron chi connectivity index (χ0n) is 13.2. The van der Waals surface area contributed by atoms with E-state index in [9.17, 15) is 0 Å². The Bertz CT molecular complexity index is 374. The average molecular weight is 315 g/mol. The van der Waals surface area contributed by atoms with Crippen LogP contribution >= 0.6 is 0 Å². The number of carboxylic acid groups (broad SMARTS) is 1. The molecular weight excluding hydrogens is 292 g/mol. The van der Waals surface area contributed by atoms with Crippen molar-refractivity contribution < 1.29 is 41.8 Å². The molecule has 1 radical (unpaired) electrons. The minimum atomic E-state index is -1.22. The molecule has 0 fully saturated rings. The second-order valence-corrected chi connectivity index (χ2v) is 4.07. The minimum Gasteiger partial charge on any atom is -0.857 e. The minimum absolute atomic E-state index is 0. The molecule has 0 amide bonds. The summed E-state index contributed by atoms with van der Waals surface area (Å²) in [4.78, 5) is 9.13. The van der Waals surface area contributed by atoms with Crippen LogP contribution in [0.2, 0.25) is 0 Å². The van der Waals surface area contributed by atoms with Crippen molar-refractivity contribution in [2.45, 2.75) is 34.6 Å². The van der Waals surface area contributed by atoms with Crippen molar-refractivity contribution in [1.29, 1.82) is 0 Å². The van der Waals surface area contributed by atoms with Crippen molar-refractivity contribution in [3.63, 3.8) is 0 Å². The molecule has 5 heteroatoms. The molecule has 0 bridgehead atoms. The molecule has 0 spiro atoms. The number of allylic oxidation sites excluding steroid dienone is 4. The zero-order valence-corrected chi connectivity index (χ0v) is 14.8. The summed E-state index contributed by atoms with van der Waals surface area (Å²) >= 11 is 0. The van der Waals surface area contributed by atoms with Gasteiger partial charge in [0.2, 0.25) is 0 Å². The largest absolute Gasteiger partial charge is 3.00 e. The van der Waals surface area contributed by atoms with Crippen LogP contribution < -0.4 is 10.2 Å². The van der Waals surface area contributed by atoms with E-state index in [1.165, 1.54) is 22.6 Å². The molecule has 0 aromatic rings. The molecule has 0 atom stereocenters. The SMILES string of the molecule is C#CC(=O)O.CC1=[C-]C(C)(C)C(C)=C1C.C[O-].C[O-].[Ti+3]. The van der Waals surface area contributed by atoms with E-state index < -0.39 is 5.97 Å². The molecule has 4 nitrogen and oxygen atoms in total. The predicted octanol–water partition coefficient (Wildman–Crippen LogP) is 0.767. The molecular formula is C15H23O4Ti. The number of rotatable bonds is 0. The van der Waals surface area contributed by atoms with Gasteiger partial charge in [0.05, 0.1) is 0 Å². The van der Waals surface area contributed by atoms with Crippen LogP contribution in [-0.2, 0) is 26.5 Å². The van der Waals surface area contributed by atoms with Gasteiger partial charge in [0.15, 0.2) is 0 Å². The molecule has 0 aliphatic heterocycles. The smallest absolute Gasteiger partial charge is 0.857 e. The first-order valence-corrected chi connectivity index (χ1v) is 5.53. The first-order valence-electron chi connectivity index (χ1n) is 5.53. The second-order valence-electron chi connectivity index (χ2n) is 4.07. The van der Waals surface area contributed by atoms with Crippen molar-refractivity contribution >= 4 is 5.97 Å². The summed E-state index contributed by atoms with van der Waals surface area (Å²) in [6.45, 7) is 10.9. The monoisotopic (exact) mass is 315 g/mol. The van der Waals surface area contributed by atoms with Gasteiger partial charge in [-0.2, -0.15) is 25.4 Å². The fourth-order valence-electron chi connectivity index (χ4n) is 1.41. The molecule has 1 N–H and O–H groups in total. The second kappa shape index (κ2) is 14.6. The molecule has 111 valence electrons. The summed E-state index contributed by atoms with van der Waals surface area (Å²) in [6, 6.07) is 0. The maximum atomic E-state index is 9.13. The van der Waals surface area contributed by atoms with Crippen LogP contribution in [0.1, 0.15) is 34.6 Å². The number of carboxylic acids is 1. The molecule has 0 unspecified atom stereocenters. The van der Waals surface area contributed by atoms with Gasteiger partial charge in [-0.3, -0.25) is 6.08 Å². The maximum Gasteiger partial charge on any atom is 3.00 e.